The van der Waals surface area contributed by atoms with Crippen molar-refractivity contribution in [3.05, 3.63) is 52.2 Å². The molecule has 2 saturated heterocycles. The number of rotatable bonds is 3. The Morgan fingerprint density at radius 3 is 2.77 bits per heavy atom. The van der Waals surface area contributed by atoms with Crippen LogP contribution in [0.5, 0.6) is 0 Å². The lowest BCUT2D eigenvalue weighted by Gasteiger charge is -2.38. The summed E-state index contributed by atoms with van der Waals surface area (Å²) in [5.41, 5.74) is 3.01. The van der Waals surface area contributed by atoms with Crippen LogP contribution in [-0.4, -0.2) is 60.0 Å². The molecular weight excluding hydrogens is 417 g/mol. The number of carbonyl (C=O) groups is 1. The first-order chi connectivity index (χ1) is 15.0. The van der Waals surface area contributed by atoms with Crippen molar-refractivity contribution in [1.29, 1.82) is 0 Å². The lowest BCUT2D eigenvalue weighted by atomic mass is 9.87. The molecule has 1 N–H and O–H groups in total. The zero-order chi connectivity index (χ0) is 21.5. The third kappa shape index (κ3) is 3.78. The number of benzene rings is 1. The number of aromatic nitrogens is 2. The Hall–Kier alpha value is -2.25. The number of fused-ring (bicyclic) bond motifs is 1. The number of piperazine rings is 1. The molecule has 3 heterocycles. The lowest BCUT2D eigenvalue weighted by Crippen LogP contribution is -2.51. The maximum absolute atomic E-state index is 14.5. The average molecular weight is 444 g/mol. The Morgan fingerprint density at radius 1 is 1.19 bits per heavy atom. The van der Waals surface area contributed by atoms with Gasteiger partial charge in [0.25, 0.3) is 0 Å². The number of hydrogen-bond acceptors (Lipinski definition) is 5. The highest BCUT2D eigenvalue weighted by molar-refractivity contribution is 6.30. The lowest BCUT2D eigenvalue weighted by molar-refractivity contribution is -0.135. The van der Waals surface area contributed by atoms with Crippen molar-refractivity contribution in [3.8, 4) is 0 Å². The maximum Gasteiger partial charge on any atom is 0.227 e. The highest BCUT2D eigenvalue weighted by Crippen LogP contribution is 2.37. The van der Waals surface area contributed by atoms with Crippen LogP contribution in [0.4, 0.5) is 10.2 Å². The zero-order valence-corrected chi connectivity index (χ0v) is 18.4. The number of anilines is 1. The highest BCUT2D eigenvalue weighted by Gasteiger charge is 2.39. The van der Waals surface area contributed by atoms with Crippen LogP contribution in [-0.2, 0) is 11.2 Å². The van der Waals surface area contributed by atoms with E-state index in [9.17, 15) is 9.18 Å². The van der Waals surface area contributed by atoms with E-state index in [0.717, 1.165) is 31.7 Å². The van der Waals surface area contributed by atoms with Crippen molar-refractivity contribution < 1.29 is 9.18 Å². The molecule has 164 valence electrons. The van der Waals surface area contributed by atoms with Crippen LogP contribution in [0, 0.1) is 11.7 Å². The number of aryl methyl sites for hydroxylation is 1. The monoisotopic (exact) mass is 443 g/mol. The molecule has 8 heteroatoms. The van der Waals surface area contributed by atoms with E-state index in [1.54, 1.807) is 18.5 Å². The van der Waals surface area contributed by atoms with Crippen molar-refractivity contribution >= 4 is 23.3 Å². The largest absolute Gasteiger partial charge is 0.353 e. The fraction of sp³-hybridized carbons (Fsp3) is 0.522. The van der Waals surface area contributed by atoms with Crippen LogP contribution in [0.3, 0.4) is 0 Å². The minimum absolute atomic E-state index is 0.102. The molecule has 3 atom stereocenters. The van der Waals surface area contributed by atoms with Gasteiger partial charge in [-0.25, -0.2) is 14.4 Å². The van der Waals surface area contributed by atoms with E-state index in [1.807, 2.05) is 4.90 Å². The summed E-state index contributed by atoms with van der Waals surface area (Å²) in [6.45, 7) is 6.21. The van der Waals surface area contributed by atoms with Crippen LogP contribution in [0.15, 0.2) is 24.5 Å². The SMILES string of the molecule is C[C@@H]1CCc2ncnc(N3CCN(C(=O)[C@H]4CNC[C@@H]4c4ccc(Cl)cc4F)CC3)c21. The van der Waals surface area contributed by atoms with Gasteiger partial charge in [-0.2, -0.15) is 0 Å². The van der Waals surface area contributed by atoms with Crippen molar-refractivity contribution in [1.82, 2.24) is 20.2 Å². The van der Waals surface area contributed by atoms with Gasteiger partial charge in [0.2, 0.25) is 5.91 Å². The molecule has 3 aliphatic rings. The quantitative estimate of drug-likeness (QED) is 0.790. The van der Waals surface area contributed by atoms with Gasteiger partial charge in [-0.15, -0.1) is 0 Å². The number of nitrogens with zero attached hydrogens (tertiary/aromatic N) is 4. The molecule has 2 fully saturated rings. The molecule has 0 spiro atoms. The molecule has 0 bridgehead atoms. The van der Waals surface area contributed by atoms with Gasteiger partial charge >= 0.3 is 0 Å². The van der Waals surface area contributed by atoms with Crippen molar-refractivity contribution in [2.24, 2.45) is 5.92 Å². The molecule has 2 aliphatic heterocycles. The molecule has 0 unspecified atom stereocenters. The number of carbonyl (C=O) groups excluding carboxylic acids is 1. The topological polar surface area (TPSA) is 61.4 Å². The fourth-order valence-corrected chi connectivity index (χ4v) is 5.47. The van der Waals surface area contributed by atoms with E-state index in [-0.39, 0.29) is 23.6 Å². The molecule has 5 rings (SSSR count). The first-order valence-electron chi connectivity index (χ1n) is 11.1. The Bertz CT molecular complexity index is 994. The predicted molar refractivity (Wildman–Crippen MR) is 118 cm³/mol. The second-order valence-corrected chi connectivity index (χ2v) is 9.28. The third-order valence-corrected chi connectivity index (χ3v) is 7.27. The second kappa shape index (κ2) is 8.36. The molecule has 6 nitrogen and oxygen atoms in total. The number of nitrogens with one attached hydrogen (secondary N) is 1. The van der Waals surface area contributed by atoms with Crippen LogP contribution in [0.1, 0.15) is 42.0 Å². The summed E-state index contributed by atoms with van der Waals surface area (Å²) < 4.78 is 14.5. The molecule has 1 aliphatic carbocycles. The Kier molecular flexibility index (Phi) is 5.56. The van der Waals surface area contributed by atoms with E-state index >= 15 is 0 Å². The van der Waals surface area contributed by atoms with Gasteiger partial charge in [0.1, 0.15) is 18.0 Å². The van der Waals surface area contributed by atoms with E-state index < -0.39 is 0 Å². The number of hydrogen-bond donors (Lipinski definition) is 1. The zero-order valence-electron chi connectivity index (χ0n) is 17.7. The van der Waals surface area contributed by atoms with E-state index in [4.69, 9.17) is 11.6 Å². The van der Waals surface area contributed by atoms with Crippen LogP contribution in [0.25, 0.3) is 0 Å². The number of amides is 1. The molecule has 0 saturated carbocycles. The predicted octanol–water partition coefficient (Wildman–Crippen LogP) is 2.97. The van der Waals surface area contributed by atoms with Gasteiger partial charge < -0.3 is 15.1 Å². The van der Waals surface area contributed by atoms with Gasteiger partial charge in [-0.05, 0) is 36.5 Å². The summed E-state index contributed by atoms with van der Waals surface area (Å²) in [4.78, 5) is 26.6. The first kappa shape index (κ1) is 20.6. The molecular formula is C23H27ClFN5O. The molecule has 1 aromatic carbocycles. The Balaban J connectivity index is 1.28. The second-order valence-electron chi connectivity index (χ2n) is 8.85. The van der Waals surface area contributed by atoms with Gasteiger partial charge in [0.15, 0.2) is 0 Å². The van der Waals surface area contributed by atoms with Crippen LogP contribution >= 0.6 is 11.6 Å². The summed E-state index contributed by atoms with van der Waals surface area (Å²) >= 11 is 5.91. The molecule has 1 aromatic heterocycles. The van der Waals surface area contributed by atoms with Crippen molar-refractivity contribution in [2.75, 3.05) is 44.2 Å². The average Bonchev–Trinajstić information content (AvgIpc) is 3.41. The molecule has 1 amide bonds. The van der Waals surface area contributed by atoms with E-state index in [2.05, 4.69) is 27.1 Å². The van der Waals surface area contributed by atoms with E-state index in [1.165, 1.54) is 17.3 Å². The van der Waals surface area contributed by atoms with Crippen molar-refractivity contribution in [3.63, 3.8) is 0 Å². The Morgan fingerprint density at radius 2 is 2.00 bits per heavy atom. The van der Waals surface area contributed by atoms with Crippen LogP contribution < -0.4 is 10.2 Å². The normalized spacial score (nSPS) is 25.7. The van der Waals surface area contributed by atoms with Gasteiger partial charge in [0.05, 0.1) is 5.92 Å². The smallest absolute Gasteiger partial charge is 0.227 e. The van der Waals surface area contributed by atoms with Gasteiger partial charge in [0, 0.05) is 61.5 Å². The minimum atomic E-state index is -0.337. The minimum Gasteiger partial charge on any atom is -0.353 e. The summed E-state index contributed by atoms with van der Waals surface area (Å²) in [6, 6.07) is 4.74. The molecule has 2 aromatic rings. The standard InChI is InChI=1S/C23H27ClFN5O/c1-14-2-5-20-21(14)22(28-13-27-20)29-6-8-30(9-7-29)23(31)18-12-26-11-17(18)16-4-3-15(24)10-19(16)25/h3-4,10,13-14,17-18,26H,2,5-9,11-12H2,1H3/t14-,17-,18+/m1/s1. The van der Waals surface area contributed by atoms with Gasteiger partial charge in [-0.1, -0.05) is 24.6 Å². The fourth-order valence-electron chi connectivity index (χ4n) is 5.32. The summed E-state index contributed by atoms with van der Waals surface area (Å²) in [7, 11) is 0. The molecule has 31 heavy (non-hydrogen) atoms. The maximum atomic E-state index is 14.5. The van der Waals surface area contributed by atoms with Crippen LogP contribution in [0.2, 0.25) is 5.02 Å². The molecule has 0 radical (unpaired) electrons. The number of halogens is 2. The van der Waals surface area contributed by atoms with Gasteiger partial charge in [-0.3, -0.25) is 4.79 Å². The summed E-state index contributed by atoms with van der Waals surface area (Å²) in [5.74, 6) is 0.844. The third-order valence-electron chi connectivity index (χ3n) is 7.04. The summed E-state index contributed by atoms with van der Waals surface area (Å²) in [6.07, 6.45) is 3.80. The highest BCUT2D eigenvalue weighted by atomic mass is 35.5. The first-order valence-corrected chi connectivity index (χ1v) is 11.4. The van der Waals surface area contributed by atoms with E-state index in [0.29, 0.717) is 42.7 Å². The Labute approximate surface area is 186 Å². The summed E-state index contributed by atoms with van der Waals surface area (Å²) in [5, 5.41) is 3.65. The van der Waals surface area contributed by atoms with Crippen molar-refractivity contribution in [2.45, 2.75) is 31.6 Å².